The van der Waals surface area contributed by atoms with E-state index in [-0.39, 0.29) is 23.8 Å². The van der Waals surface area contributed by atoms with Crippen LogP contribution in [0.1, 0.15) is 285 Å². The Morgan fingerprint density at radius 3 is 1.11 bits per heavy atom. The summed E-state index contributed by atoms with van der Waals surface area (Å²) in [7, 11) is 0. The quantitative estimate of drug-likeness (QED) is 0.0485. The second-order valence-corrected chi connectivity index (χ2v) is 19.4. The lowest BCUT2D eigenvalue weighted by molar-refractivity contribution is -0.151. The molecule has 0 rings (SSSR count). The third-order valence-electron chi connectivity index (χ3n) is 13.2. The highest BCUT2D eigenvalue weighted by atomic mass is 16.5. The summed E-state index contributed by atoms with van der Waals surface area (Å²) in [5.41, 5.74) is 0. The molecule has 0 bridgehead atoms. The van der Waals surface area contributed by atoms with Crippen molar-refractivity contribution < 1.29 is 24.2 Å². The predicted molar refractivity (Wildman–Crippen MR) is 264 cm³/mol. The van der Waals surface area contributed by atoms with Crippen LogP contribution in [0.25, 0.3) is 0 Å². The molecule has 0 aliphatic rings. The number of rotatable bonds is 50. The van der Waals surface area contributed by atoms with Crippen molar-refractivity contribution in [2.75, 3.05) is 39.5 Å². The summed E-state index contributed by atoms with van der Waals surface area (Å²) < 4.78 is 11.7. The van der Waals surface area contributed by atoms with Gasteiger partial charge in [0.25, 0.3) is 0 Å². The van der Waals surface area contributed by atoms with E-state index in [0.29, 0.717) is 25.7 Å². The van der Waals surface area contributed by atoms with Crippen LogP contribution < -0.4 is 0 Å². The lowest BCUT2D eigenvalue weighted by Crippen LogP contribution is -2.27. The summed E-state index contributed by atoms with van der Waals surface area (Å²) in [6.45, 7) is 16.2. The SMILES string of the molecule is CCCCCCCCC(CCCCCC)C(=O)OCCCCCCCCCN(CCCCO)CCCCCCCC(C)COC(=O)C(CCCCCC)CCCCCCCC. The number of aliphatic hydroxyl groups excluding tert-OH is 1. The smallest absolute Gasteiger partial charge is 0.308 e. The van der Waals surface area contributed by atoms with Crippen LogP contribution in [0, 0.1) is 17.8 Å². The molecule has 61 heavy (non-hydrogen) atoms. The third-order valence-corrected chi connectivity index (χ3v) is 13.2. The van der Waals surface area contributed by atoms with Gasteiger partial charge in [-0.25, -0.2) is 0 Å². The molecule has 0 heterocycles. The molecule has 0 aliphatic carbocycles. The van der Waals surface area contributed by atoms with E-state index in [1.807, 2.05) is 0 Å². The van der Waals surface area contributed by atoms with Gasteiger partial charge in [0.05, 0.1) is 25.0 Å². The van der Waals surface area contributed by atoms with E-state index in [1.54, 1.807) is 0 Å². The molecular formula is C55H109NO5. The first-order chi connectivity index (χ1) is 29.9. The fourth-order valence-electron chi connectivity index (χ4n) is 8.92. The van der Waals surface area contributed by atoms with E-state index < -0.39 is 0 Å². The maximum absolute atomic E-state index is 13.1. The van der Waals surface area contributed by atoms with E-state index in [4.69, 9.17) is 9.47 Å². The molecule has 3 atom stereocenters. The van der Waals surface area contributed by atoms with Gasteiger partial charge in [-0.15, -0.1) is 0 Å². The number of aliphatic hydroxyl groups is 1. The summed E-state index contributed by atoms with van der Waals surface area (Å²) in [5, 5.41) is 9.35. The van der Waals surface area contributed by atoms with Gasteiger partial charge >= 0.3 is 11.9 Å². The van der Waals surface area contributed by atoms with Crippen molar-refractivity contribution in [2.45, 2.75) is 285 Å². The lowest BCUT2D eigenvalue weighted by atomic mass is 9.94. The Morgan fingerprint density at radius 2 is 0.705 bits per heavy atom. The maximum Gasteiger partial charge on any atom is 0.308 e. The zero-order valence-corrected chi connectivity index (χ0v) is 42.1. The molecule has 0 aromatic rings. The van der Waals surface area contributed by atoms with Gasteiger partial charge in [-0.3, -0.25) is 9.59 Å². The monoisotopic (exact) mass is 864 g/mol. The Morgan fingerprint density at radius 1 is 0.393 bits per heavy atom. The van der Waals surface area contributed by atoms with Crippen molar-refractivity contribution in [3.05, 3.63) is 0 Å². The number of unbranched alkanes of at least 4 members (excludes halogenated alkanes) is 27. The fourth-order valence-corrected chi connectivity index (χ4v) is 8.92. The van der Waals surface area contributed by atoms with Gasteiger partial charge in [0, 0.05) is 6.61 Å². The first kappa shape index (κ1) is 59.9. The Kier molecular flexibility index (Phi) is 47.4. The van der Waals surface area contributed by atoms with Gasteiger partial charge in [0.2, 0.25) is 0 Å². The number of ether oxygens (including phenoxy) is 2. The van der Waals surface area contributed by atoms with Crippen LogP contribution in [0.15, 0.2) is 0 Å². The molecule has 0 saturated heterocycles. The number of nitrogens with zero attached hydrogens (tertiary/aromatic N) is 1. The molecule has 0 aliphatic heterocycles. The zero-order valence-electron chi connectivity index (χ0n) is 42.1. The van der Waals surface area contributed by atoms with Crippen LogP contribution in [0.3, 0.4) is 0 Å². The van der Waals surface area contributed by atoms with Crippen LogP contribution in [-0.2, 0) is 19.1 Å². The first-order valence-corrected chi connectivity index (χ1v) is 27.6. The van der Waals surface area contributed by atoms with Gasteiger partial charge in [0.1, 0.15) is 0 Å². The summed E-state index contributed by atoms with van der Waals surface area (Å²) in [4.78, 5) is 28.7. The highest BCUT2D eigenvalue weighted by Gasteiger charge is 2.21. The van der Waals surface area contributed by atoms with Crippen LogP contribution in [0.4, 0.5) is 0 Å². The molecule has 0 aromatic heterocycles. The van der Waals surface area contributed by atoms with E-state index in [0.717, 1.165) is 83.6 Å². The fraction of sp³-hybridized carbons (Fsp3) is 0.964. The molecule has 0 spiro atoms. The highest BCUT2D eigenvalue weighted by molar-refractivity contribution is 5.72. The Labute approximate surface area is 382 Å². The van der Waals surface area contributed by atoms with Crippen molar-refractivity contribution in [1.29, 1.82) is 0 Å². The Hall–Kier alpha value is -1.14. The second-order valence-electron chi connectivity index (χ2n) is 19.4. The van der Waals surface area contributed by atoms with Gasteiger partial charge in [0.15, 0.2) is 0 Å². The molecule has 0 radical (unpaired) electrons. The molecule has 0 amide bonds. The average molecular weight is 864 g/mol. The third kappa shape index (κ3) is 41.3. The number of hydrogen-bond donors (Lipinski definition) is 1. The van der Waals surface area contributed by atoms with Gasteiger partial charge in [-0.1, -0.05) is 221 Å². The summed E-state index contributed by atoms with van der Waals surface area (Å²) in [5.74, 6) is 0.790. The maximum atomic E-state index is 13.1. The van der Waals surface area contributed by atoms with Crippen molar-refractivity contribution in [1.82, 2.24) is 4.90 Å². The number of carbonyl (C=O) groups is 2. The summed E-state index contributed by atoms with van der Waals surface area (Å²) in [6, 6.07) is 0. The molecule has 0 saturated carbocycles. The topological polar surface area (TPSA) is 76.1 Å². The van der Waals surface area contributed by atoms with E-state index in [9.17, 15) is 14.7 Å². The molecular weight excluding hydrogens is 755 g/mol. The standard InChI is InChI=1S/C55H109NO5/c1-6-10-14-18-25-33-43-52(41-31-16-12-8-3)54(58)60-49-39-29-22-20-21-27-35-45-56(47-37-38-48-57)46-36-28-23-24-30-40-51(5)50-61-55(59)53(42-32-17-13-9-4)44-34-26-19-15-11-7-2/h51-53,57H,6-50H2,1-5H3. The second kappa shape index (κ2) is 48.3. The van der Waals surface area contributed by atoms with Crippen molar-refractivity contribution in [2.24, 2.45) is 17.8 Å². The van der Waals surface area contributed by atoms with Crippen LogP contribution in [0.2, 0.25) is 0 Å². The predicted octanol–water partition coefficient (Wildman–Crippen LogP) is 16.5. The Bertz CT molecular complexity index is 897. The number of carbonyl (C=O) groups excluding carboxylic acids is 2. The number of esters is 2. The molecule has 364 valence electrons. The minimum Gasteiger partial charge on any atom is -0.465 e. The van der Waals surface area contributed by atoms with E-state index in [1.165, 1.54) is 186 Å². The van der Waals surface area contributed by atoms with Crippen molar-refractivity contribution >= 4 is 11.9 Å². The average Bonchev–Trinajstić information content (AvgIpc) is 3.26. The van der Waals surface area contributed by atoms with Gasteiger partial charge < -0.3 is 19.5 Å². The largest absolute Gasteiger partial charge is 0.465 e. The zero-order chi connectivity index (χ0) is 44.7. The normalized spacial score (nSPS) is 13.2. The lowest BCUT2D eigenvalue weighted by Gasteiger charge is -2.22. The van der Waals surface area contributed by atoms with Crippen LogP contribution in [0.5, 0.6) is 0 Å². The minimum atomic E-state index is 0.0711. The molecule has 3 unspecified atom stereocenters. The Balaban J connectivity index is 4.21. The molecule has 6 heteroatoms. The van der Waals surface area contributed by atoms with E-state index in [2.05, 4.69) is 39.5 Å². The van der Waals surface area contributed by atoms with Crippen LogP contribution >= 0.6 is 0 Å². The van der Waals surface area contributed by atoms with Crippen molar-refractivity contribution in [3.8, 4) is 0 Å². The summed E-state index contributed by atoms with van der Waals surface area (Å²) >= 11 is 0. The number of hydrogen-bond acceptors (Lipinski definition) is 6. The highest BCUT2D eigenvalue weighted by Crippen LogP contribution is 2.23. The summed E-state index contributed by atoms with van der Waals surface area (Å²) in [6.07, 6.45) is 47.1. The molecule has 0 fully saturated rings. The molecule has 6 nitrogen and oxygen atoms in total. The van der Waals surface area contributed by atoms with Crippen molar-refractivity contribution in [3.63, 3.8) is 0 Å². The first-order valence-electron chi connectivity index (χ1n) is 27.6. The molecule has 0 aromatic carbocycles. The van der Waals surface area contributed by atoms with Gasteiger partial charge in [-0.2, -0.15) is 0 Å². The van der Waals surface area contributed by atoms with E-state index >= 15 is 0 Å². The van der Waals surface area contributed by atoms with Crippen LogP contribution in [-0.4, -0.2) is 61.4 Å². The molecule has 1 N–H and O–H groups in total. The minimum absolute atomic E-state index is 0.0711. The van der Waals surface area contributed by atoms with Gasteiger partial charge in [-0.05, 0) is 89.8 Å².